The van der Waals surface area contributed by atoms with Gasteiger partial charge in [-0.3, -0.25) is 4.79 Å². The standard InChI is InChI=1S/C19H20N2O/c1-19(2,3)21-13-16(15-11-7-8-12-17(15)21)18(22)20-14-9-5-4-6-10-14/h4-13H,1-3H3,(H,20,22). The molecule has 0 aliphatic heterocycles. The fraction of sp³-hybridized carbons (Fsp3) is 0.211. The molecule has 0 saturated heterocycles. The number of nitrogens with one attached hydrogen (secondary N) is 1. The van der Waals surface area contributed by atoms with Crippen molar-refractivity contribution in [2.45, 2.75) is 26.3 Å². The van der Waals surface area contributed by atoms with Crippen LogP contribution in [0.25, 0.3) is 10.9 Å². The molecule has 1 aromatic heterocycles. The lowest BCUT2D eigenvalue weighted by Crippen LogP contribution is -2.20. The smallest absolute Gasteiger partial charge is 0.257 e. The highest BCUT2D eigenvalue weighted by atomic mass is 16.1. The summed E-state index contributed by atoms with van der Waals surface area (Å²) < 4.78 is 2.15. The van der Waals surface area contributed by atoms with Crippen LogP contribution in [-0.2, 0) is 5.54 Å². The fourth-order valence-corrected chi connectivity index (χ4v) is 2.64. The summed E-state index contributed by atoms with van der Waals surface area (Å²) in [6.07, 6.45) is 1.95. The van der Waals surface area contributed by atoms with Crippen LogP contribution >= 0.6 is 0 Å². The topological polar surface area (TPSA) is 34.0 Å². The maximum atomic E-state index is 12.6. The van der Waals surface area contributed by atoms with E-state index in [2.05, 4.69) is 36.7 Å². The van der Waals surface area contributed by atoms with Gasteiger partial charge >= 0.3 is 0 Å². The van der Waals surface area contributed by atoms with Gasteiger partial charge in [0, 0.05) is 28.3 Å². The van der Waals surface area contributed by atoms with Crippen LogP contribution in [0.3, 0.4) is 0 Å². The van der Waals surface area contributed by atoms with Gasteiger partial charge in [-0.05, 0) is 39.0 Å². The number of anilines is 1. The molecule has 3 nitrogen and oxygen atoms in total. The molecule has 1 heterocycles. The Kier molecular flexibility index (Phi) is 3.49. The van der Waals surface area contributed by atoms with E-state index in [1.165, 1.54) is 0 Å². The first-order valence-electron chi connectivity index (χ1n) is 7.44. The van der Waals surface area contributed by atoms with Crippen LogP contribution < -0.4 is 5.32 Å². The summed E-state index contributed by atoms with van der Waals surface area (Å²) >= 11 is 0. The van der Waals surface area contributed by atoms with Crippen LogP contribution in [0.1, 0.15) is 31.1 Å². The number of para-hydroxylation sites is 2. The first-order valence-corrected chi connectivity index (χ1v) is 7.44. The van der Waals surface area contributed by atoms with Crippen LogP contribution in [0.4, 0.5) is 5.69 Å². The van der Waals surface area contributed by atoms with Gasteiger partial charge in [0.05, 0.1) is 5.56 Å². The fourth-order valence-electron chi connectivity index (χ4n) is 2.64. The Balaban J connectivity index is 2.06. The predicted octanol–water partition coefficient (Wildman–Crippen LogP) is 4.65. The van der Waals surface area contributed by atoms with E-state index in [1.807, 2.05) is 54.7 Å². The lowest BCUT2D eigenvalue weighted by atomic mass is 10.1. The molecule has 0 unspecified atom stereocenters. The Labute approximate surface area is 130 Å². The van der Waals surface area contributed by atoms with Gasteiger partial charge in [0.15, 0.2) is 0 Å². The van der Waals surface area contributed by atoms with E-state index < -0.39 is 0 Å². The maximum Gasteiger partial charge on any atom is 0.257 e. The van der Waals surface area contributed by atoms with E-state index in [0.717, 1.165) is 16.6 Å². The monoisotopic (exact) mass is 292 g/mol. The molecule has 0 bridgehead atoms. The van der Waals surface area contributed by atoms with E-state index in [1.54, 1.807) is 0 Å². The predicted molar refractivity (Wildman–Crippen MR) is 91.3 cm³/mol. The molecule has 112 valence electrons. The lowest BCUT2D eigenvalue weighted by molar-refractivity contribution is 0.102. The summed E-state index contributed by atoms with van der Waals surface area (Å²) in [5, 5.41) is 3.94. The van der Waals surface area contributed by atoms with Crippen molar-refractivity contribution in [3.05, 3.63) is 66.4 Å². The third-order valence-corrected chi connectivity index (χ3v) is 3.71. The maximum absolute atomic E-state index is 12.6. The molecule has 3 aromatic rings. The average molecular weight is 292 g/mol. The Bertz CT molecular complexity index is 810. The van der Waals surface area contributed by atoms with Gasteiger partial charge in [0.1, 0.15) is 0 Å². The summed E-state index contributed by atoms with van der Waals surface area (Å²) in [5.74, 6) is -0.0783. The zero-order valence-corrected chi connectivity index (χ0v) is 13.1. The largest absolute Gasteiger partial charge is 0.341 e. The number of nitrogens with zero attached hydrogens (tertiary/aromatic N) is 1. The zero-order valence-electron chi connectivity index (χ0n) is 13.1. The number of fused-ring (bicyclic) bond motifs is 1. The molecule has 22 heavy (non-hydrogen) atoms. The molecular weight excluding hydrogens is 272 g/mol. The molecule has 0 fully saturated rings. The molecule has 0 aliphatic carbocycles. The van der Waals surface area contributed by atoms with E-state index in [4.69, 9.17) is 0 Å². The molecule has 3 heteroatoms. The van der Waals surface area contributed by atoms with Gasteiger partial charge < -0.3 is 9.88 Å². The summed E-state index contributed by atoms with van der Waals surface area (Å²) in [6, 6.07) is 17.6. The first-order chi connectivity index (χ1) is 10.5. The molecule has 3 rings (SSSR count). The van der Waals surface area contributed by atoms with Crippen molar-refractivity contribution >= 4 is 22.5 Å². The normalized spacial score (nSPS) is 11.6. The molecule has 0 spiro atoms. The van der Waals surface area contributed by atoms with Gasteiger partial charge in [-0.2, -0.15) is 0 Å². The molecular formula is C19H20N2O. The van der Waals surface area contributed by atoms with Gasteiger partial charge in [0.25, 0.3) is 5.91 Å². The molecule has 2 aromatic carbocycles. The number of amides is 1. The Hall–Kier alpha value is -2.55. The van der Waals surface area contributed by atoms with E-state index >= 15 is 0 Å². The van der Waals surface area contributed by atoms with E-state index in [9.17, 15) is 4.79 Å². The van der Waals surface area contributed by atoms with Gasteiger partial charge in [-0.1, -0.05) is 36.4 Å². The number of benzene rings is 2. The molecule has 0 atom stereocenters. The van der Waals surface area contributed by atoms with Gasteiger partial charge in [-0.25, -0.2) is 0 Å². The van der Waals surface area contributed by atoms with Crippen molar-refractivity contribution in [1.29, 1.82) is 0 Å². The Morgan fingerprint density at radius 2 is 1.59 bits per heavy atom. The van der Waals surface area contributed by atoms with E-state index in [0.29, 0.717) is 5.56 Å². The molecule has 1 amide bonds. The second-order valence-corrected chi connectivity index (χ2v) is 6.42. The quantitative estimate of drug-likeness (QED) is 0.733. The van der Waals surface area contributed by atoms with Crippen LogP contribution in [0, 0.1) is 0 Å². The van der Waals surface area contributed by atoms with Gasteiger partial charge in [0.2, 0.25) is 0 Å². The summed E-state index contributed by atoms with van der Waals surface area (Å²) in [4.78, 5) is 12.6. The number of rotatable bonds is 2. The highest BCUT2D eigenvalue weighted by Crippen LogP contribution is 2.28. The van der Waals surface area contributed by atoms with Crippen LogP contribution in [0.15, 0.2) is 60.8 Å². The summed E-state index contributed by atoms with van der Waals surface area (Å²) in [5.41, 5.74) is 2.51. The Morgan fingerprint density at radius 1 is 0.955 bits per heavy atom. The van der Waals surface area contributed by atoms with Crippen molar-refractivity contribution in [3.63, 3.8) is 0 Å². The molecule has 0 aliphatic rings. The van der Waals surface area contributed by atoms with Crippen LogP contribution in [0.2, 0.25) is 0 Å². The number of hydrogen-bond acceptors (Lipinski definition) is 1. The van der Waals surface area contributed by atoms with Crippen molar-refractivity contribution in [2.24, 2.45) is 0 Å². The lowest BCUT2D eigenvalue weighted by Gasteiger charge is -2.22. The van der Waals surface area contributed by atoms with Gasteiger partial charge in [-0.15, -0.1) is 0 Å². The highest BCUT2D eigenvalue weighted by molar-refractivity contribution is 6.13. The van der Waals surface area contributed by atoms with Crippen molar-refractivity contribution in [2.75, 3.05) is 5.32 Å². The minimum Gasteiger partial charge on any atom is -0.341 e. The van der Waals surface area contributed by atoms with Crippen molar-refractivity contribution in [1.82, 2.24) is 4.57 Å². The zero-order chi connectivity index (χ0) is 15.7. The Morgan fingerprint density at radius 3 is 2.27 bits per heavy atom. The second-order valence-electron chi connectivity index (χ2n) is 6.42. The minimum absolute atomic E-state index is 0.0783. The number of carbonyl (C=O) groups excluding carboxylic acids is 1. The number of aromatic nitrogens is 1. The summed E-state index contributed by atoms with van der Waals surface area (Å²) in [6.45, 7) is 6.41. The molecule has 0 radical (unpaired) electrons. The number of carbonyl (C=O) groups is 1. The summed E-state index contributed by atoms with van der Waals surface area (Å²) in [7, 11) is 0. The SMILES string of the molecule is CC(C)(C)n1cc(C(=O)Nc2ccccc2)c2ccccc21. The van der Waals surface area contributed by atoms with Crippen LogP contribution in [-0.4, -0.2) is 10.5 Å². The molecule has 1 N–H and O–H groups in total. The second kappa shape index (κ2) is 5.34. The highest BCUT2D eigenvalue weighted by Gasteiger charge is 2.21. The third-order valence-electron chi connectivity index (χ3n) is 3.71. The van der Waals surface area contributed by atoms with Crippen LogP contribution in [0.5, 0.6) is 0 Å². The average Bonchev–Trinajstić information content (AvgIpc) is 2.88. The van der Waals surface area contributed by atoms with Crippen molar-refractivity contribution in [3.8, 4) is 0 Å². The number of hydrogen-bond donors (Lipinski definition) is 1. The van der Waals surface area contributed by atoms with Crippen molar-refractivity contribution < 1.29 is 4.79 Å². The first kappa shape index (κ1) is 14.4. The van der Waals surface area contributed by atoms with E-state index in [-0.39, 0.29) is 11.4 Å². The molecule has 0 saturated carbocycles. The third kappa shape index (κ3) is 2.62. The minimum atomic E-state index is -0.0785.